The third-order valence-corrected chi connectivity index (χ3v) is 19.4. The molecule has 0 aliphatic carbocycles. The van der Waals surface area contributed by atoms with E-state index in [1.165, 1.54) is 79.1 Å². The summed E-state index contributed by atoms with van der Waals surface area (Å²) in [5.41, 5.74) is 4.84. The molecule has 31 nitrogen and oxygen atoms in total. The van der Waals surface area contributed by atoms with Crippen LogP contribution in [0, 0.1) is 26.2 Å². The van der Waals surface area contributed by atoms with Gasteiger partial charge in [-0.1, -0.05) is 72.0 Å². The topological polar surface area (TPSA) is 382 Å². The quantitative estimate of drug-likeness (QED) is 0.0460. The Morgan fingerprint density at radius 2 is 1.43 bits per heavy atom. The number of nitrogens with zero attached hydrogens (tertiary/aromatic N) is 11. The van der Waals surface area contributed by atoms with Gasteiger partial charge in [0.2, 0.25) is 17.7 Å². The molecule has 1 unspecified atom stereocenters. The monoisotopic (exact) mass is 1530 g/mol. The SMILES string of the molecule is CCOC(=O)C1=NN(c2ccc(Cl)cc2Cl)C(C)(C(=O)OCC)C1.CCc1cc(C)cc(CC)c1-c1c(OC(=O)C(C)(C)C)n2n(c1=O)CCOCC2.COC(=O)c1ccccc1S(=O)(=O)NC(=O)N(C)c1nc(C)nc(OC)n1.Cc1c(C(=O)c2cnn(C)c2O)ccc(S(C)(=O)=O)c1C1=NOCC1. The zero-order valence-electron chi connectivity index (χ0n) is 61.0. The third kappa shape index (κ3) is 18.9. The first-order valence-corrected chi connectivity index (χ1v) is 37.0. The number of methoxy groups -OCH3 is 2. The maximum Gasteiger partial charge on any atom is 0.354 e. The molecule has 3 aliphatic heterocycles. The molecule has 0 spiro atoms. The van der Waals surface area contributed by atoms with E-state index in [9.17, 15) is 55.5 Å². The van der Waals surface area contributed by atoms with Crippen molar-refractivity contribution in [1.82, 2.24) is 38.8 Å². The van der Waals surface area contributed by atoms with Crippen molar-refractivity contribution in [3.8, 4) is 28.9 Å². The number of benzene rings is 4. The molecule has 0 saturated heterocycles. The second-order valence-electron chi connectivity index (χ2n) is 25.0. The van der Waals surface area contributed by atoms with Gasteiger partial charge in [0.05, 0.1) is 92.2 Å². The Hall–Kier alpha value is -10.1. The van der Waals surface area contributed by atoms with Gasteiger partial charge in [0.25, 0.3) is 15.6 Å². The summed E-state index contributed by atoms with van der Waals surface area (Å²) >= 11 is 12.2. The van der Waals surface area contributed by atoms with Crippen LogP contribution in [0.15, 0.2) is 97.8 Å². The number of oxime groups is 1. The zero-order valence-corrected chi connectivity index (χ0v) is 64.1. The number of anilines is 2. The first-order valence-electron chi connectivity index (χ1n) is 32.9. The Morgan fingerprint density at radius 3 is 1.99 bits per heavy atom. The van der Waals surface area contributed by atoms with Crippen molar-refractivity contribution >= 4 is 102 Å². The number of amides is 2. The number of aromatic hydroxyl groups is 1. The van der Waals surface area contributed by atoms with E-state index in [0.717, 1.165) is 47.8 Å². The second kappa shape index (κ2) is 34.7. The van der Waals surface area contributed by atoms with Gasteiger partial charge in [-0.2, -0.15) is 25.2 Å². The number of urea groups is 1. The van der Waals surface area contributed by atoms with Crippen molar-refractivity contribution in [2.45, 2.75) is 130 Å². The molecule has 0 radical (unpaired) electrons. The molecular formula is C70H84Cl2N12O19S2. The molecule has 0 bridgehead atoms. The van der Waals surface area contributed by atoms with Crippen LogP contribution in [0.2, 0.25) is 10.0 Å². The summed E-state index contributed by atoms with van der Waals surface area (Å²) in [4.78, 5) is 105. The number of hydrogen-bond donors (Lipinski definition) is 2. The molecule has 10 rings (SSSR count). The summed E-state index contributed by atoms with van der Waals surface area (Å²) in [5, 5.41) is 24.2. The normalized spacial score (nSPS) is 14.7. The minimum absolute atomic E-state index is 0.0314. The number of ether oxygens (including phenoxy) is 6. The van der Waals surface area contributed by atoms with Crippen LogP contribution >= 0.6 is 23.2 Å². The van der Waals surface area contributed by atoms with Gasteiger partial charge in [-0.25, -0.2) is 59.8 Å². The lowest BCUT2D eigenvalue weighted by atomic mass is 9.91. The van der Waals surface area contributed by atoms with Gasteiger partial charge in [0, 0.05) is 49.3 Å². The van der Waals surface area contributed by atoms with Crippen molar-refractivity contribution in [3.05, 3.63) is 144 Å². The van der Waals surface area contributed by atoms with Gasteiger partial charge < -0.3 is 38.4 Å². The second-order valence-corrected chi connectivity index (χ2v) is 29.4. The van der Waals surface area contributed by atoms with Gasteiger partial charge >= 0.3 is 35.9 Å². The van der Waals surface area contributed by atoms with E-state index >= 15 is 0 Å². The first-order chi connectivity index (χ1) is 49.4. The Kier molecular flexibility index (Phi) is 27.1. The maximum atomic E-state index is 13.5. The average Bonchev–Trinajstić information content (AvgIpc) is 1.67. The molecule has 3 aromatic heterocycles. The number of esters is 4. The Morgan fingerprint density at radius 1 is 0.781 bits per heavy atom. The minimum atomic E-state index is -4.37. The third-order valence-electron chi connectivity index (χ3n) is 16.3. The van der Waals surface area contributed by atoms with Crippen molar-refractivity contribution in [1.29, 1.82) is 0 Å². The Labute approximate surface area is 617 Å². The molecule has 564 valence electrons. The number of carbonyl (C=O) groups excluding carboxylic acids is 6. The summed E-state index contributed by atoms with van der Waals surface area (Å²) in [7, 11) is -2.64. The predicted octanol–water partition coefficient (Wildman–Crippen LogP) is 8.88. The smallest absolute Gasteiger partial charge is 0.354 e. The van der Waals surface area contributed by atoms with E-state index < -0.39 is 65.4 Å². The summed E-state index contributed by atoms with van der Waals surface area (Å²) in [6.45, 7) is 22.6. The number of fused-ring (bicyclic) bond motifs is 1. The predicted molar refractivity (Wildman–Crippen MR) is 389 cm³/mol. The number of aryl methyl sites for hydroxylation is 5. The van der Waals surface area contributed by atoms with Crippen LogP contribution < -0.4 is 29.7 Å². The highest BCUT2D eigenvalue weighted by Gasteiger charge is 2.50. The lowest BCUT2D eigenvalue weighted by Crippen LogP contribution is -2.48. The molecule has 4 aromatic carbocycles. The average molecular weight is 1530 g/mol. The number of halogens is 2. The molecule has 7 aromatic rings. The highest BCUT2D eigenvalue weighted by molar-refractivity contribution is 7.91. The summed E-state index contributed by atoms with van der Waals surface area (Å²) in [6.07, 6.45) is 4.49. The minimum Gasteiger partial charge on any atom is -0.493 e. The van der Waals surface area contributed by atoms with E-state index in [2.05, 4.69) is 67.9 Å². The fraction of sp³-hybridized carbons (Fsp3) is 0.414. The van der Waals surface area contributed by atoms with Crippen LogP contribution in [-0.4, -0.2) is 169 Å². The number of hydrogen-bond acceptors (Lipinski definition) is 26. The van der Waals surface area contributed by atoms with Gasteiger partial charge in [-0.3, -0.25) is 19.3 Å². The number of aromatic nitrogens is 7. The summed E-state index contributed by atoms with van der Waals surface area (Å²) in [5.74, 6) is -2.47. The van der Waals surface area contributed by atoms with Gasteiger partial charge in [-0.15, -0.1) is 0 Å². The largest absolute Gasteiger partial charge is 0.493 e. The molecule has 0 fully saturated rings. The molecule has 3 aliphatic rings. The van der Waals surface area contributed by atoms with Crippen LogP contribution in [0.1, 0.15) is 128 Å². The number of ketones is 1. The van der Waals surface area contributed by atoms with E-state index in [4.69, 9.17) is 51.7 Å². The standard InChI is InChI=1S/C23H32N2O4.C16H18Cl2N2O4.C16H17N3O5S.C15H17N5O6S/c1-7-16-13-15(3)14-17(8-2)18(16)19-20(26)24-9-11-28-12-10-25(24)21(19)29-22(27)23(4,5)6;1-4-23-14(21)12-9-16(3,15(22)24-5-2)20(19-12)13-7-6-10(17)8-11(13)18;1-9-10(15(20)11-8-17-19(2)16(11)21)4-5-13(25(3,22)23)14(9)12-6-7-24-18-12;1-9-16-13(18-14(17-9)26-4)20(2)15(22)19-27(23,24)11-8-6-5-7-10(11)12(21)25-3/h13-14H,7-12H2,1-6H3;6-8H,4-5,9H2,1-3H3;4-5,8,21H,6-7H2,1-3H3;5-8H,1-4H3,(H,19,22). The fourth-order valence-electron chi connectivity index (χ4n) is 11.0. The van der Waals surface area contributed by atoms with E-state index in [-0.39, 0.29) is 82.1 Å². The summed E-state index contributed by atoms with van der Waals surface area (Å²) < 4.78 is 87.0. The van der Waals surface area contributed by atoms with Gasteiger partial charge in [0.1, 0.15) is 34.2 Å². The van der Waals surface area contributed by atoms with Crippen molar-refractivity contribution in [2.75, 3.05) is 70.5 Å². The summed E-state index contributed by atoms with van der Waals surface area (Å²) in [6, 6.07) is 16.2. The molecule has 35 heteroatoms. The number of sulfone groups is 1. The zero-order chi connectivity index (χ0) is 77.8. The van der Waals surface area contributed by atoms with E-state index in [0.29, 0.717) is 83.3 Å². The lowest BCUT2D eigenvalue weighted by Gasteiger charge is -2.32. The van der Waals surface area contributed by atoms with Crippen molar-refractivity contribution in [3.63, 3.8) is 0 Å². The molecule has 2 N–H and O–H groups in total. The van der Waals surface area contributed by atoms with Gasteiger partial charge in [-0.05, 0) is 140 Å². The molecule has 105 heavy (non-hydrogen) atoms. The van der Waals surface area contributed by atoms with Crippen LogP contribution in [0.25, 0.3) is 11.1 Å². The van der Waals surface area contributed by atoms with Crippen molar-refractivity contribution in [2.24, 2.45) is 22.7 Å². The van der Waals surface area contributed by atoms with Crippen LogP contribution in [0.4, 0.5) is 16.4 Å². The number of nitrogens with one attached hydrogen (secondary N) is 1. The lowest BCUT2D eigenvalue weighted by molar-refractivity contribution is -0.148. The van der Waals surface area contributed by atoms with Gasteiger partial charge in [0.15, 0.2) is 21.2 Å². The Bertz CT molecular complexity index is 4830. The number of sulfonamides is 1. The number of rotatable bonds is 18. The molecule has 0 saturated carbocycles. The molecule has 1 atom stereocenters. The first kappa shape index (κ1) is 82.2. The van der Waals surface area contributed by atoms with E-state index in [1.54, 1.807) is 62.2 Å². The van der Waals surface area contributed by atoms with Crippen molar-refractivity contribution < 1.29 is 84.0 Å². The fourth-order valence-corrected chi connectivity index (χ4v) is 13.6. The van der Waals surface area contributed by atoms with Crippen LogP contribution in [0.3, 0.4) is 0 Å². The highest BCUT2D eigenvalue weighted by atomic mass is 35.5. The maximum absolute atomic E-state index is 13.5. The van der Waals surface area contributed by atoms with Crippen LogP contribution in [-0.2, 0) is 91.0 Å². The number of carbonyl (C=O) groups is 6. The molecular weight excluding hydrogens is 1450 g/mol. The number of hydrazone groups is 1. The molecule has 6 heterocycles. The highest BCUT2D eigenvalue weighted by Crippen LogP contribution is 2.41. The van der Waals surface area contributed by atoms with E-state index in [1.807, 2.05) is 25.5 Å². The Balaban J connectivity index is 0.000000196. The van der Waals surface area contributed by atoms with Crippen LogP contribution in [0.5, 0.6) is 17.8 Å². The molecule has 2 amide bonds.